The Bertz CT molecular complexity index is 623. The van der Waals surface area contributed by atoms with Gasteiger partial charge in [0.05, 0.1) is 17.5 Å². The molecule has 0 atom stereocenters. The molecular weight excluding hydrogens is 248 g/mol. The number of rotatable bonds is 1. The molecule has 0 spiro atoms. The fraction of sp³-hybridized carbons (Fsp3) is 0.0833. The summed E-state index contributed by atoms with van der Waals surface area (Å²) in [4.78, 5) is 3.46. The van der Waals surface area contributed by atoms with Crippen LogP contribution in [0.4, 0.5) is 23.2 Å². The van der Waals surface area contributed by atoms with Gasteiger partial charge < -0.3 is 5.73 Å². The molecule has 0 fully saturated rings. The van der Waals surface area contributed by atoms with Crippen LogP contribution in [0.15, 0.2) is 31.0 Å². The van der Waals surface area contributed by atoms with Crippen molar-refractivity contribution in [2.45, 2.75) is 6.18 Å². The van der Waals surface area contributed by atoms with E-state index in [9.17, 15) is 17.6 Å². The number of halogens is 4. The van der Waals surface area contributed by atoms with Gasteiger partial charge in [0.25, 0.3) is 0 Å². The van der Waals surface area contributed by atoms with Crippen LogP contribution >= 0.6 is 0 Å². The van der Waals surface area contributed by atoms with Gasteiger partial charge in [-0.15, -0.1) is 0 Å². The largest absolute Gasteiger partial charge is 0.417 e. The monoisotopic (exact) mass is 256 g/mol. The molecule has 2 rings (SSSR count). The Morgan fingerprint density at radius 1 is 1.28 bits per heavy atom. The van der Waals surface area contributed by atoms with E-state index in [0.717, 1.165) is 0 Å². The molecule has 94 valence electrons. The maximum Gasteiger partial charge on any atom is 0.417 e. The lowest BCUT2D eigenvalue weighted by Gasteiger charge is -2.12. The molecule has 2 nitrogen and oxygen atoms in total. The average molecular weight is 256 g/mol. The van der Waals surface area contributed by atoms with Crippen molar-refractivity contribution in [2.75, 3.05) is 5.73 Å². The topological polar surface area (TPSA) is 38.9 Å². The van der Waals surface area contributed by atoms with Crippen molar-refractivity contribution in [1.29, 1.82) is 0 Å². The van der Waals surface area contributed by atoms with Gasteiger partial charge in [-0.2, -0.15) is 13.2 Å². The Kier molecular flexibility index (Phi) is 2.73. The zero-order valence-electron chi connectivity index (χ0n) is 9.05. The number of nitrogens with two attached hydrogens (primary N) is 1. The van der Waals surface area contributed by atoms with Crippen molar-refractivity contribution in [3.8, 4) is 0 Å². The number of pyridine rings is 1. The van der Waals surface area contributed by atoms with Gasteiger partial charge in [-0.3, -0.25) is 4.98 Å². The third-order valence-electron chi connectivity index (χ3n) is 2.53. The van der Waals surface area contributed by atoms with E-state index in [0.29, 0.717) is 6.20 Å². The van der Waals surface area contributed by atoms with Gasteiger partial charge >= 0.3 is 6.18 Å². The Morgan fingerprint density at radius 2 is 1.94 bits per heavy atom. The van der Waals surface area contributed by atoms with Crippen LogP contribution in [-0.2, 0) is 0 Å². The summed E-state index contributed by atoms with van der Waals surface area (Å²) in [6.07, 6.45) is -3.91. The third kappa shape index (κ3) is 1.90. The highest BCUT2D eigenvalue weighted by molar-refractivity contribution is 5.99. The normalized spacial score (nSPS) is 11.8. The Labute approximate surface area is 99.7 Å². The molecule has 0 aliphatic heterocycles. The van der Waals surface area contributed by atoms with Gasteiger partial charge in [0.15, 0.2) is 5.82 Å². The highest BCUT2D eigenvalue weighted by atomic mass is 19.4. The summed E-state index contributed by atoms with van der Waals surface area (Å²) in [6, 6.07) is 4.17. The zero-order valence-corrected chi connectivity index (χ0v) is 9.05. The predicted molar refractivity (Wildman–Crippen MR) is 61.2 cm³/mol. The number of hydrogen-bond donors (Lipinski definition) is 1. The third-order valence-corrected chi connectivity index (χ3v) is 2.53. The van der Waals surface area contributed by atoms with Crippen molar-refractivity contribution < 1.29 is 17.6 Å². The van der Waals surface area contributed by atoms with Gasteiger partial charge in [-0.25, -0.2) is 4.39 Å². The number of fused-ring (bicyclic) bond motifs is 1. The Hall–Kier alpha value is -2.11. The number of benzene rings is 1. The first-order valence-corrected chi connectivity index (χ1v) is 4.91. The van der Waals surface area contributed by atoms with E-state index in [2.05, 4.69) is 11.6 Å². The molecule has 0 aliphatic rings. The van der Waals surface area contributed by atoms with E-state index in [-0.39, 0.29) is 16.5 Å². The fourth-order valence-corrected chi connectivity index (χ4v) is 1.66. The van der Waals surface area contributed by atoms with E-state index in [1.807, 2.05) is 0 Å². The standard InChI is InChI=1S/C12H8F4N2/c1-6(12(14,15)16)11-7-3-2-4-9(17)10(7)8(13)5-18-11/h2-5H,1,17H2. The highest BCUT2D eigenvalue weighted by Gasteiger charge is 2.35. The van der Waals surface area contributed by atoms with Crippen LogP contribution in [0, 0.1) is 5.82 Å². The number of aromatic nitrogens is 1. The van der Waals surface area contributed by atoms with Crippen molar-refractivity contribution in [2.24, 2.45) is 0 Å². The van der Waals surface area contributed by atoms with Gasteiger partial charge in [-0.05, 0) is 6.07 Å². The van der Waals surface area contributed by atoms with Crippen LogP contribution in [0.25, 0.3) is 16.3 Å². The number of alkyl halides is 3. The van der Waals surface area contributed by atoms with Gasteiger partial charge in [0, 0.05) is 16.5 Å². The molecular formula is C12H8F4N2. The summed E-state index contributed by atoms with van der Waals surface area (Å²) in [5.74, 6) is -0.762. The predicted octanol–water partition coefficient (Wildman–Crippen LogP) is 3.53. The first-order valence-electron chi connectivity index (χ1n) is 4.91. The average Bonchev–Trinajstić information content (AvgIpc) is 2.27. The molecule has 0 aliphatic carbocycles. The lowest BCUT2D eigenvalue weighted by atomic mass is 10.0. The number of nitrogens with zero attached hydrogens (tertiary/aromatic N) is 1. The second-order valence-corrected chi connectivity index (χ2v) is 3.70. The van der Waals surface area contributed by atoms with Gasteiger partial charge in [-0.1, -0.05) is 18.7 Å². The first kappa shape index (κ1) is 12.3. The molecule has 1 aromatic heterocycles. The molecule has 1 aromatic carbocycles. The van der Waals surface area contributed by atoms with E-state index in [4.69, 9.17) is 5.73 Å². The molecule has 1 heterocycles. The Balaban J connectivity index is 2.79. The second kappa shape index (κ2) is 3.97. The molecule has 0 saturated heterocycles. The summed E-state index contributed by atoms with van der Waals surface area (Å²) < 4.78 is 51.3. The maximum absolute atomic E-state index is 13.5. The van der Waals surface area contributed by atoms with Crippen LogP contribution in [0.3, 0.4) is 0 Å². The number of anilines is 1. The summed E-state index contributed by atoms with van der Waals surface area (Å²) in [5.41, 5.74) is 4.08. The lowest BCUT2D eigenvalue weighted by Crippen LogP contribution is -2.11. The van der Waals surface area contributed by atoms with Crippen molar-refractivity contribution in [3.63, 3.8) is 0 Å². The summed E-state index contributed by atoms with van der Waals surface area (Å²) >= 11 is 0. The SMILES string of the molecule is C=C(c1ncc(F)c2c(N)cccc12)C(F)(F)F. The lowest BCUT2D eigenvalue weighted by molar-refractivity contribution is -0.0688. The number of hydrogen-bond acceptors (Lipinski definition) is 2. The van der Waals surface area contributed by atoms with Gasteiger partial charge in [0.2, 0.25) is 0 Å². The molecule has 0 saturated carbocycles. The van der Waals surface area contributed by atoms with Crippen LogP contribution in [0.5, 0.6) is 0 Å². The summed E-state index contributed by atoms with van der Waals surface area (Å²) in [6.45, 7) is 2.95. The van der Waals surface area contributed by atoms with Crippen LogP contribution in [-0.4, -0.2) is 11.2 Å². The zero-order chi connectivity index (χ0) is 13.5. The number of nitrogen functional groups attached to an aromatic ring is 1. The summed E-state index contributed by atoms with van der Waals surface area (Å²) in [5, 5.41) is -0.0785. The summed E-state index contributed by atoms with van der Waals surface area (Å²) in [7, 11) is 0. The molecule has 0 bridgehead atoms. The van der Waals surface area contributed by atoms with Crippen molar-refractivity contribution in [3.05, 3.63) is 42.5 Å². The molecule has 0 unspecified atom stereocenters. The minimum atomic E-state index is -4.62. The maximum atomic E-state index is 13.5. The fourth-order valence-electron chi connectivity index (χ4n) is 1.66. The smallest absolute Gasteiger partial charge is 0.398 e. The van der Waals surface area contributed by atoms with E-state index < -0.39 is 23.3 Å². The molecule has 0 radical (unpaired) electrons. The highest BCUT2D eigenvalue weighted by Crippen LogP contribution is 2.36. The molecule has 2 N–H and O–H groups in total. The van der Waals surface area contributed by atoms with E-state index in [1.165, 1.54) is 18.2 Å². The quantitative estimate of drug-likeness (QED) is 0.626. The minimum absolute atomic E-state index is 0.00248. The molecule has 0 amide bonds. The van der Waals surface area contributed by atoms with Crippen LogP contribution < -0.4 is 5.73 Å². The van der Waals surface area contributed by atoms with E-state index >= 15 is 0 Å². The van der Waals surface area contributed by atoms with E-state index in [1.54, 1.807) is 0 Å². The first-order chi connectivity index (χ1) is 8.32. The van der Waals surface area contributed by atoms with Gasteiger partial charge in [0.1, 0.15) is 0 Å². The second-order valence-electron chi connectivity index (χ2n) is 3.70. The Morgan fingerprint density at radius 3 is 2.56 bits per heavy atom. The van der Waals surface area contributed by atoms with Crippen LogP contribution in [0.1, 0.15) is 5.69 Å². The van der Waals surface area contributed by atoms with Crippen molar-refractivity contribution >= 4 is 22.0 Å². The molecule has 2 aromatic rings. The van der Waals surface area contributed by atoms with Crippen molar-refractivity contribution in [1.82, 2.24) is 4.98 Å². The minimum Gasteiger partial charge on any atom is -0.398 e. The molecule has 6 heteroatoms. The van der Waals surface area contributed by atoms with Crippen LogP contribution in [0.2, 0.25) is 0 Å². The number of allylic oxidation sites excluding steroid dienone is 1. The molecule has 18 heavy (non-hydrogen) atoms.